The van der Waals surface area contributed by atoms with Crippen molar-refractivity contribution in [3.05, 3.63) is 63.1 Å². The van der Waals surface area contributed by atoms with Gasteiger partial charge in [-0.25, -0.2) is 9.37 Å². The van der Waals surface area contributed by atoms with Gasteiger partial charge in [0, 0.05) is 21.1 Å². The fourth-order valence-corrected chi connectivity index (χ4v) is 3.11. The van der Waals surface area contributed by atoms with Crippen molar-refractivity contribution in [1.29, 1.82) is 0 Å². The first-order valence-electron chi connectivity index (χ1n) is 7.41. The zero-order chi connectivity index (χ0) is 17.8. The van der Waals surface area contributed by atoms with E-state index in [1.165, 1.54) is 12.1 Å². The number of hydrogen-bond acceptors (Lipinski definition) is 4. The second-order valence-electron chi connectivity index (χ2n) is 5.24. The summed E-state index contributed by atoms with van der Waals surface area (Å²) >= 11 is 4.76. The van der Waals surface area contributed by atoms with Crippen molar-refractivity contribution >= 4 is 38.9 Å². The second kappa shape index (κ2) is 7.76. The molecule has 0 fully saturated rings. The molecule has 2 aromatic carbocycles. The molecule has 1 amide bonds. The van der Waals surface area contributed by atoms with Gasteiger partial charge in [0.2, 0.25) is 0 Å². The minimum Gasteiger partial charge on any atom is -0.481 e. The van der Waals surface area contributed by atoms with Gasteiger partial charge in [-0.1, -0.05) is 28.1 Å². The summed E-state index contributed by atoms with van der Waals surface area (Å²) in [5, 5.41) is 5.71. The molecule has 0 aliphatic heterocycles. The maximum atomic E-state index is 13.6. The summed E-state index contributed by atoms with van der Waals surface area (Å²) in [5.41, 5.74) is 2.53. The highest BCUT2D eigenvalue weighted by Crippen LogP contribution is 2.23. The summed E-state index contributed by atoms with van der Waals surface area (Å²) in [5.74, 6) is -0.850. The fraction of sp³-hybridized carbons (Fsp3) is 0.111. The Morgan fingerprint density at radius 1 is 1.28 bits per heavy atom. The minimum absolute atomic E-state index is 0.0348. The third kappa shape index (κ3) is 4.64. The standard InChI is InChI=1S/C18H14BrFN2O2S/c1-11-21-16(10-25-11)12-2-5-14(6-3-12)22-18(23)9-24-17-7-4-13(19)8-15(17)20/h2-8,10H,9H2,1H3,(H,22,23). The first-order valence-corrected chi connectivity index (χ1v) is 9.09. The molecule has 0 spiro atoms. The van der Waals surface area contributed by atoms with E-state index in [4.69, 9.17) is 4.74 Å². The molecule has 1 heterocycles. The normalized spacial score (nSPS) is 10.5. The Morgan fingerprint density at radius 2 is 2.04 bits per heavy atom. The summed E-state index contributed by atoms with van der Waals surface area (Å²) < 4.78 is 19.5. The molecule has 0 atom stereocenters. The van der Waals surface area contributed by atoms with Gasteiger partial charge in [0.1, 0.15) is 0 Å². The molecule has 0 aliphatic rings. The molecule has 0 saturated heterocycles. The van der Waals surface area contributed by atoms with E-state index >= 15 is 0 Å². The van der Waals surface area contributed by atoms with E-state index in [1.807, 2.05) is 24.4 Å². The smallest absolute Gasteiger partial charge is 0.262 e. The number of rotatable bonds is 5. The number of amides is 1. The third-order valence-corrected chi connectivity index (χ3v) is 4.60. The molecular weight excluding hydrogens is 407 g/mol. The van der Waals surface area contributed by atoms with E-state index in [0.29, 0.717) is 10.2 Å². The molecule has 3 aromatic rings. The molecule has 0 unspecified atom stereocenters. The topological polar surface area (TPSA) is 51.2 Å². The number of aryl methyl sites for hydroxylation is 1. The Balaban J connectivity index is 1.57. The SMILES string of the molecule is Cc1nc(-c2ccc(NC(=O)COc3ccc(Br)cc3F)cc2)cs1. The molecule has 0 aliphatic carbocycles. The largest absolute Gasteiger partial charge is 0.481 e. The van der Waals surface area contributed by atoms with Crippen LogP contribution in [0.2, 0.25) is 0 Å². The molecule has 0 bridgehead atoms. The van der Waals surface area contributed by atoms with Gasteiger partial charge in [-0.3, -0.25) is 4.79 Å². The van der Waals surface area contributed by atoms with Gasteiger partial charge in [-0.05, 0) is 37.3 Å². The Hall–Kier alpha value is -2.25. The Kier molecular flexibility index (Phi) is 5.45. The fourth-order valence-electron chi connectivity index (χ4n) is 2.15. The van der Waals surface area contributed by atoms with E-state index in [2.05, 4.69) is 26.2 Å². The average molecular weight is 421 g/mol. The van der Waals surface area contributed by atoms with Gasteiger partial charge in [0.25, 0.3) is 5.91 Å². The molecule has 4 nitrogen and oxygen atoms in total. The highest BCUT2D eigenvalue weighted by molar-refractivity contribution is 9.10. The van der Waals surface area contributed by atoms with Crippen LogP contribution in [0.4, 0.5) is 10.1 Å². The van der Waals surface area contributed by atoms with E-state index < -0.39 is 5.82 Å². The number of thiazole rings is 1. The number of halogens is 2. The van der Waals surface area contributed by atoms with Gasteiger partial charge >= 0.3 is 0 Å². The van der Waals surface area contributed by atoms with Crippen molar-refractivity contribution in [2.45, 2.75) is 6.92 Å². The average Bonchev–Trinajstić information content (AvgIpc) is 3.01. The van der Waals surface area contributed by atoms with E-state index in [9.17, 15) is 9.18 Å². The lowest BCUT2D eigenvalue weighted by Crippen LogP contribution is -2.20. The minimum atomic E-state index is -0.523. The molecule has 1 aromatic heterocycles. The number of anilines is 1. The lowest BCUT2D eigenvalue weighted by Gasteiger charge is -2.09. The second-order valence-corrected chi connectivity index (χ2v) is 7.22. The van der Waals surface area contributed by atoms with Gasteiger partial charge in [0.15, 0.2) is 18.2 Å². The van der Waals surface area contributed by atoms with Crippen molar-refractivity contribution in [1.82, 2.24) is 4.98 Å². The van der Waals surface area contributed by atoms with Crippen LogP contribution in [-0.2, 0) is 4.79 Å². The van der Waals surface area contributed by atoms with E-state index in [-0.39, 0.29) is 18.3 Å². The molecule has 0 saturated carbocycles. The first-order chi connectivity index (χ1) is 12.0. The number of ether oxygens (including phenoxy) is 1. The molecule has 0 radical (unpaired) electrons. The summed E-state index contributed by atoms with van der Waals surface area (Å²) in [7, 11) is 0. The van der Waals surface area contributed by atoms with Crippen molar-refractivity contribution in [3.63, 3.8) is 0 Å². The lowest BCUT2D eigenvalue weighted by atomic mass is 10.1. The number of carbonyl (C=O) groups is 1. The predicted octanol–water partition coefficient (Wildman–Crippen LogP) is 5.04. The lowest BCUT2D eigenvalue weighted by molar-refractivity contribution is -0.118. The zero-order valence-electron chi connectivity index (χ0n) is 13.3. The van der Waals surface area contributed by atoms with Crippen LogP contribution in [0.3, 0.4) is 0 Å². The van der Waals surface area contributed by atoms with Crippen LogP contribution in [0.15, 0.2) is 52.3 Å². The number of benzene rings is 2. The predicted molar refractivity (Wildman–Crippen MR) is 101 cm³/mol. The Bertz CT molecular complexity index is 896. The monoisotopic (exact) mass is 420 g/mol. The van der Waals surface area contributed by atoms with Crippen molar-refractivity contribution in [2.24, 2.45) is 0 Å². The molecule has 7 heteroatoms. The maximum Gasteiger partial charge on any atom is 0.262 e. The Labute approximate surface area is 156 Å². The summed E-state index contributed by atoms with van der Waals surface area (Å²) in [6.45, 7) is 1.68. The Morgan fingerprint density at radius 3 is 2.68 bits per heavy atom. The van der Waals surface area contributed by atoms with Crippen LogP contribution in [0.5, 0.6) is 5.75 Å². The highest BCUT2D eigenvalue weighted by atomic mass is 79.9. The zero-order valence-corrected chi connectivity index (χ0v) is 15.7. The number of nitrogens with zero attached hydrogens (tertiary/aromatic N) is 1. The van der Waals surface area contributed by atoms with Crippen molar-refractivity contribution in [3.8, 4) is 17.0 Å². The molecule has 1 N–H and O–H groups in total. The molecule has 3 rings (SSSR count). The van der Waals surface area contributed by atoms with Crippen LogP contribution >= 0.6 is 27.3 Å². The van der Waals surface area contributed by atoms with Crippen LogP contribution in [-0.4, -0.2) is 17.5 Å². The summed E-state index contributed by atoms with van der Waals surface area (Å²) in [6, 6.07) is 11.8. The van der Waals surface area contributed by atoms with Crippen LogP contribution in [0.25, 0.3) is 11.3 Å². The van der Waals surface area contributed by atoms with Gasteiger partial charge in [0.05, 0.1) is 10.7 Å². The quantitative estimate of drug-likeness (QED) is 0.628. The maximum absolute atomic E-state index is 13.6. The van der Waals surface area contributed by atoms with Crippen LogP contribution < -0.4 is 10.1 Å². The summed E-state index contributed by atoms with van der Waals surface area (Å²) in [4.78, 5) is 16.4. The van der Waals surface area contributed by atoms with Gasteiger partial charge in [-0.2, -0.15) is 0 Å². The first kappa shape index (κ1) is 17.6. The molecular formula is C18H14BrFN2O2S. The van der Waals surface area contributed by atoms with E-state index in [1.54, 1.807) is 29.5 Å². The van der Waals surface area contributed by atoms with Crippen LogP contribution in [0, 0.1) is 12.7 Å². The van der Waals surface area contributed by atoms with Crippen molar-refractivity contribution in [2.75, 3.05) is 11.9 Å². The number of hydrogen-bond donors (Lipinski definition) is 1. The van der Waals surface area contributed by atoms with Gasteiger partial charge in [-0.15, -0.1) is 11.3 Å². The summed E-state index contributed by atoms with van der Waals surface area (Å²) in [6.07, 6.45) is 0. The number of aromatic nitrogens is 1. The molecule has 25 heavy (non-hydrogen) atoms. The highest BCUT2D eigenvalue weighted by Gasteiger charge is 2.08. The molecule has 128 valence electrons. The van der Waals surface area contributed by atoms with Gasteiger partial charge < -0.3 is 10.1 Å². The van der Waals surface area contributed by atoms with Crippen LogP contribution in [0.1, 0.15) is 5.01 Å². The van der Waals surface area contributed by atoms with E-state index in [0.717, 1.165) is 16.3 Å². The van der Waals surface area contributed by atoms with Crippen molar-refractivity contribution < 1.29 is 13.9 Å². The third-order valence-electron chi connectivity index (χ3n) is 3.34. The number of carbonyl (C=O) groups excluding carboxylic acids is 1. The number of nitrogens with one attached hydrogen (secondary N) is 1.